The van der Waals surface area contributed by atoms with E-state index in [1.54, 1.807) is 29.5 Å². The summed E-state index contributed by atoms with van der Waals surface area (Å²) in [4.78, 5) is 26.7. The van der Waals surface area contributed by atoms with Crippen LogP contribution in [0.5, 0.6) is 5.75 Å². The van der Waals surface area contributed by atoms with Crippen LogP contribution in [0.25, 0.3) is 10.6 Å². The molecule has 0 fully saturated rings. The van der Waals surface area contributed by atoms with Crippen molar-refractivity contribution in [3.63, 3.8) is 0 Å². The minimum atomic E-state index is -1.42. The van der Waals surface area contributed by atoms with E-state index in [0.29, 0.717) is 23.8 Å². The summed E-state index contributed by atoms with van der Waals surface area (Å²) in [6.07, 6.45) is -0.124. The van der Waals surface area contributed by atoms with Gasteiger partial charge >= 0.3 is 5.97 Å². The largest absolute Gasteiger partial charge is 0.487 e. The predicted octanol–water partition coefficient (Wildman–Crippen LogP) is 5.02. The third kappa shape index (κ3) is 5.29. The SMILES string of the molecule is Cc1cc(CC(=O)C(=O)O)ccc1OCc1csc(-c2ccc(C(C)C)cc2)n1. The zero-order valence-electron chi connectivity index (χ0n) is 16.6. The molecule has 0 aliphatic carbocycles. The second-order valence-electron chi connectivity index (χ2n) is 7.21. The second-order valence-corrected chi connectivity index (χ2v) is 8.07. The molecule has 0 saturated heterocycles. The average molecular weight is 410 g/mol. The number of rotatable bonds is 8. The quantitative estimate of drug-likeness (QED) is 0.529. The smallest absolute Gasteiger partial charge is 0.372 e. The van der Waals surface area contributed by atoms with Gasteiger partial charge in [0.1, 0.15) is 17.4 Å². The standard InChI is InChI=1S/C23H23NO4S/c1-14(2)17-5-7-18(8-6-17)22-24-19(13-29-22)12-28-21-9-4-16(10-15(21)3)11-20(25)23(26)27/h4-10,13-14H,11-12H2,1-3H3,(H,26,27). The Morgan fingerprint density at radius 1 is 1.14 bits per heavy atom. The Balaban J connectivity index is 1.63. The summed E-state index contributed by atoms with van der Waals surface area (Å²) < 4.78 is 5.87. The highest BCUT2D eigenvalue weighted by molar-refractivity contribution is 7.13. The summed E-state index contributed by atoms with van der Waals surface area (Å²) in [6.45, 7) is 6.56. The molecule has 1 aromatic heterocycles. The number of carboxylic acids is 1. The number of hydrogen-bond acceptors (Lipinski definition) is 5. The maximum atomic E-state index is 11.4. The number of aromatic nitrogens is 1. The maximum Gasteiger partial charge on any atom is 0.372 e. The molecular formula is C23H23NO4S. The molecule has 3 rings (SSSR count). The molecule has 0 saturated carbocycles. The lowest BCUT2D eigenvalue weighted by Crippen LogP contribution is -2.15. The molecule has 0 aliphatic heterocycles. The molecule has 0 spiro atoms. The van der Waals surface area contributed by atoms with Gasteiger partial charge in [-0.2, -0.15) is 0 Å². The van der Waals surface area contributed by atoms with Crippen LogP contribution in [0.3, 0.4) is 0 Å². The van der Waals surface area contributed by atoms with Gasteiger partial charge in [0.05, 0.1) is 5.69 Å². The molecule has 0 atom stereocenters. The number of carbonyl (C=O) groups excluding carboxylic acids is 1. The molecule has 0 aliphatic rings. The van der Waals surface area contributed by atoms with E-state index in [0.717, 1.165) is 21.8 Å². The fourth-order valence-electron chi connectivity index (χ4n) is 2.91. The van der Waals surface area contributed by atoms with Crippen LogP contribution in [-0.2, 0) is 22.6 Å². The van der Waals surface area contributed by atoms with Crippen molar-refractivity contribution in [2.24, 2.45) is 0 Å². The number of nitrogens with zero attached hydrogens (tertiary/aromatic N) is 1. The number of aliphatic carboxylic acids is 1. The van der Waals surface area contributed by atoms with Crippen LogP contribution in [0.4, 0.5) is 0 Å². The van der Waals surface area contributed by atoms with Crippen LogP contribution >= 0.6 is 11.3 Å². The van der Waals surface area contributed by atoms with Gasteiger partial charge in [-0.15, -0.1) is 11.3 Å². The monoisotopic (exact) mass is 409 g/mol. The van der Waals surface area contributed by atoms with Gasteiger partial charge in [-0.25, -0.2) is 9.78 Å². The Hall–Kier alpha value is -2.99. The Labute approximate surface area is 174 Å². The molecule has 6 heteroatoms. The first-order chi connectivity index (χ1) is 13.8. The second kappa shape index (κ2) is 9.01. The first-order valence-corrected chi connectivity index (χ1v) is 10.2. The highest BCUT2D eigenvalue weighted by Gasteiger charge is 2.13. The van der Waals surface area contributed by atoms with Crippen molar-refractivity contribution < 1.29 is 19.4 Å². The Kier molecular flexibility index (Phi) is 6.44. The van der Waals surface area contributed by atoms with Gasteiger partial charge in [0, 0.05) is 17.4 Å². The fourth-order valence-corrected chi connectivity index (χ4v) is 3.72. The molecule has 0 bridgehead atoms. The van der Waals surface area contributed by atoms with E-state index >= 15 is 0 Å². The minimum Gasteiger partial charge on any atom is -0.487 e. The van der Waals surface area contributed by atoms with Crippen molar-refractivity contribution >= 4 is 23.1 Å². The lowest BCUT2D eigenvalue weighted by Gasteiger charge is -2.09. The highest BCUT2D eigenvalue weighted by Crippen LogP contribution is 2.27. The van der Waals surface area contributed by atoms with Gasteiger partial charge in [0.25, 0.3) is 0 Å². The Morgan fingerprint density at radius 3 is 2.48 bits per heavy atom. The molecule has 1 heterocycles. The highest BCUT2D eigenvalue weighted by atomic mass is 32.1. The van der Waals surface area contributed by atoms with Crippen LogP contribution in [0, 0.1) is 6.92 Å². The molecule has 3 aromatic rings. The van der Waals surface area contributed by atoms with Crippen molar-refractivity contribution in [1.29, 1.82) is 0 Å². The van der Waals surface area contributed by atoms with Crippen molar-refractivity contribution in [2.45, 2.75) is 39.7 Å². The molecule has 2 aromatic carbocycles. The van der Waals surface area contributed by atoms with Gasteiger partial charge in [-0.05, 0) is 35.6 Å². The molecule has 150 valence electrons. The molecule has 0 amide bonds. The van der Waals surface area contributed by atoms with Crippen molar-refractivity contribution in [3.8, 4) is 16.3 Å². The summed E-state index contributed by atoms with van der Waals surface area (Å²) in [5, 5.41) is 11.7. The lowest BCUT2D eigenvalue weighted by atomic mass is 10.0. The summed E-state index contributed by atoms with van der Waals surface area (Å²) >= 11 is 1.58. The third-order valence-electron chi connectivity index (χ3n) is 4.59. The van der Waals surface area contributed by atoms with E-state index in [2.05, 4.69) is 43.1 Å². The normalized spacial score (nSPS) is 10.9. The summed E-state index contributed by atoms with van der Waals surface area (Å²) in [5.74, 6) is -1.05. The van der Waals surface area contributed by atoms with Gasteiger partial charge < -0.3 is 9.84 Å². The first-order valence-electron chi connectivity index (χ1n) is 9.36. The zero-order valence-corrected chi connectivity index (χ0v) is 17.5. The predicted molar refractivity (Wildman–Crippen MR) is 113 cm³/mol. The topological polar surface area (TPSA) is 76.5 Å². The number of benzene rings is 2. The van der Waals surface area contributed by atoms with E-state index in [9.17, 15) is 9.59 Å². The molecule has 5 nitrogen and oxygen atoms in total. The van der Waals surface area contributed by atoms with Gasteiger partial charge in [-0.3, -0.25) is 4.79 Å². The Bertz CT molecular complexity index is 1020. The lowest BCUT2D eigenvalue weighted by molar-refractivity contribution is -0.148. The molecular weight excluding hydrogens is 386 g/mol. The van der Waals surface area contributed by atoms with Crippen molar-refractivity contribution in [2.75, 3.05) is 0 Å². The van der Waals surface area contributed by atoms with Crippen LogP contribution in [-0.4, -0.2) is 21.8 Å². The van der Waals surface area contributed by atoms with E-state index < -0.39 is 11.8 Å². The first kappa shape index (κ1) is 20.7. The fraction of sp³-hybridized carbons (Fsp3) is 0.261. The van der Waals surface area contributed by atoms with Crippen molar-refractivity contribution in [1.82, 2.24) is 4.98 Å². The van der Waals surface area contributed by atoms with Crippen LogP contribution in [0.1, 0.15) is 42.1 Å². The number of ether oxygens (including phenoxy) is 1. The summed E-state index contributed by atoms with van der Waals surface area (Å²) in [7, 11) is 0. The number of Topliss-reactive ketones (excluding diaryl/α,β-unsaturated/α-hetero) is 1. The number of carboxylic acid groups (broad SMARTS) is 1. The Morgan fingerprint density at radius 2 is 1.86 bits per heavy atom. The maximum absolute atomic E-state index is 11.4. The van der Waals surface area contributed by atoms with Crippen LogP contribution in [0.15, 0.2) is 47.8 Å². The minimum absolute atomic E-state index is 0.124. The van der Waals surface area contributed by atoms with E-state index in [1.807, 2.05) is 12.3 Å². The number of thiazole rings is 1. The van der Waals surface area contributed by atoms with Gasteiger partial charge in [0.2, 0.25) is 5.78 Å². The molecule has 1 N–H and O–H groups in total. The van der Waals surface area contributed by atoms with E-state index in [-0.39, 0.29) is 6.42 Å². The molecule has 0 radical (unpaired) electrons. The number of carbonyl (C=O) groups is 2. The van der Waals surface area contributed by atoms with E-state index in [4.69, 9.17) is 9.84 Å². The average Bonchev–Trinajstić information content (AvgIpc) is 3.16. The van der Waals surface area contributed by atoms with Crippen LogP contribution in [0.2, 0.25) is 0 Å². The molecule has 0 unspecified atom stereocenters. The summed E-state index contributed by atoms with van der Waals surface area (Å²) in [5.41, 5.74) is 4.75. The summed E-state index contributed by atoms with van der Waals surface area (Å²) in [6, 6.07) is 13.7. The number of ketones is 1. The number of hydrogen-bond donors (Lipinski definition) is 1. The van der Waals surface area contributed by atoms with Crippen LogP contribution < -0.4 is 4.74 Å². The van der Waals surface area contributed by atoms with E-state index in [1.165, 1.54) is 5.56 Å². The van der Waals surface area contributed by atoms with Gasteiger partial charge in [0.15, 0.2) is 0 Å². The zero-order chi connectivity index (χ0) is 21.0. The van der Waals surface area contributed by atoms with Crippen molar-refractivity contribution in [3.05, 3.63) is 70.2 Å². The third-order valence-corrected chi connectivity index (χ3v) is 5.53. The molecule has 29 heavy (non-hydrogen) atoms. The van der Waals surface area contributed by atoms with Gasteiger partial charge in [-0.1, -0.05) is 50.2 Å². The number of aryl methyl sites for hydroxylation is 1.